The van der Waals surface area contributed by atoms with Crippen LogP contribution in [0.4, 0.5) is 4.39 Å². The molecule has 1 aromatic heterocycles. The van der Waals surface area contributed by atoms with Crippen LogP contribution in [0.3, 0.4) is 0 Å². The highest BCUT2D eigenvalue weighted by atomic mass is 35.5. The lowest BCUT2D eigenvalue weighted by Crippen LogP contribution is -1.83. The summed E-state index contributed by atoms with van der Waals surface area (Å²) in [5, 5.41) is 11.9. The van der Waals surface area contributed by atoms with Crippen molar-refractivity contribution in [3.63, 3.8) is 0 Å². The molecule has 0 radical (unpaired) electrons. The first-order chi connectivity index (χ1) is 11.6. The van der Waals surface area contributed by atoms with E-state index in [0.29, 0.717) is 10.6 Å². The van der Waals surface area contributed by atoms with Gasteiger partial charge in [0.25, 0.3) is 0 Å². The van der Waals surface area contributed by atoms with Crippen LogP contribution in [0.2, 0.25) is 5.02 Å². The number of fused-ring (bicyclic) bond motifs is 1. The van der Waals surface area contributed by atoms with Gasteiger partial charge in [0.1, 0.15) is 11.6 Å². The molecule has 4 rings (SSSR count). The molecular weight excluding hydrogens is 325 g/mol. The molecule has 1 heterocycles. The molecule has 4 heteroatoms. The molecule has 0 spiro atoms. The van der Waals surface area contributed by atoms with Crippen molar-refractivity contribution in [2.24, 2.45) is 0 Å². The van der Waals surface area contributed by atoms with Gasteiger partial charge in [-0.15, -0.1) is 0 Å². The van der Waals surface area contributed by atoms with Crippen molar-refractivity contribution in [1.82, 2.24) is 4.98 Å². The van der Waals surface area contributed by atoms with Gasteiger partial charge in [-0.2, -0.15) is 0 Å². The first-order valence-corrected chi connectivity index (χ1v) is 7.85. The fraction of sp³-hybridized carbons (Fsp3) is 0. The molecule has 2 nitrogen and oxygen atoms in total. The molecule has 0 saturated carbocycles. The summed E-state index contributed by atoms with van der Waals surface area (Å²) in [6.45, 7) is 0. The zero-order valence-electron chi connectivity index (χ0n) is 12.6. The molecule has 0 aliphatic rings. The molecule has 3 aromatic carbocycles. The summed E-state index contributed by atoms with van der Waals surface area (Å²) in [5.74, 6) is -0.0937. The fourth-order valence-electron chi connectivity index (χ4n) is 2.82. The molecule has 0 saturated heterocycles. The molecule has 0 atom stereocenters. The van der Waals surface area contributed by atoms with E-state index in [1.54, 1.807) is 18.2 Å². The van der Waals surface area contributed by atoms with E-state index < -0.39 is 0 Å². The summed E-state index contributed by atoms with van der Waals surface area (Å²) in [7, 11) is 0. The van der Waals surface area contributed by atoms with Crippen LogP contribution in [0.25, 0.3) is 33.3 Å². The maximum atomic E-state index is 13.1. The van der Waals surface area contributed by atoms with Gasteiger partial charge >= 0.3 is 0 Å². The average Bonchev–Trinajstić information content (AvgIpc) is 2.99. The van der Waals surface area contributed by atoms with E-state index in [1.807, 2.05) is 36.4 Å². The van der Waals surface area contributed by atoms with E-state index in [1.165, 1.54) is 12.1 Å². The lowest BCUT2D eigenvalue weighted by atomic mass is 10.0. The fourth-order valence-corrected chi connectivity index (χ4v) is 3.00. The molecule has 0 bridgehead atoms. The Labute approximate surface area is 143 Å². The Hall–Kier alpha value is -2.78. The van der Waals surface area contributed by atoms with Crippen LogP contribution in [0.15, 0.2) is 66.7 Å². The summed E-state index contributed by atoms with van der Waals surface area (Å²) < 4.78 is 13.1. The molecule has 0 aliphatic carbocycles. The van der Waals surface area contributed by atoms with Gasteiger partial charge in [0, 0.05) is 21.5 Å². The van der Waals surface area contributed by atoms with Crippen molar-refractivity contribution >= 4 is 22.5 Å². The number of benzene rings is 3. The summed E-state index contributed by atoms with van der Waals surface area (Å²) in [5.41, 5.74) is 4.22. The van der Waals surface area contributed by atoms with Crippen molar-refractivity contribution in [1.29, 1.82) is 0 Å². The second-order valence-electron chi connectivity index (χ2n) is 5.65. The van der Waals surface area contributed by atoms with E-state index in [-0.39, 0.29) is 11.6 Å². The SMILES string of the molecule is Oc1ccc(-c2ccc(F)cc2)cc1-c1cc2cc(Cl)ccc2[nH]1. The molecule has 0 unspecified atom stereocenters. The minimum absolute atomic E-state index is 0.179. The third-order valence-electron chi connectivity index (χ3n) is 4.05. The monoisotopic (exact) mass is 337 g/mol. The van der Waals surface area contributed by atoms with Gasteiger partial charge in [-0.1, -0.05) is 29.8 Å². The lowest BCUT2D eigenvalue weighted by Gasteiger charge is -2.07. The van der Waals surface area contributed by atoms with Gasteiger partial charge in [0.2, 0.25) is 0 Å². The molecule has 2 N–H and O–H groups in total. The normalized spacial score (nSPS) is 11.1. The van der Waals surface area contributed by atoms with Crippen molar-refractivity contribution in [3.8, 4) is 28.1 Å². The quantitative estimate of drug-likeness (QED) is 0.462. The number of hydrogen-bond acceptors (Lipinski definition) is 1. The Balaban J connectivity index is 1.84. The number of aromatic amines is 1. The van der Waals surface area contributed by atoms with Crippen molar-refractivity contribution in [3.05, 3.63) is 77.6 Å². The number of aromatic hydroxyl groups is 1. The Kier molecular flexibility index (Phi) is 3.51. The molecule has 0 fully saturated rings. The van der Waals surface area contributed by atoms with Crippen LogP contribution in [-0.4, -0.2) is 10.1 Å². The number of phenols is 1. The topological polar surface area (TPSA) is 36.0 Å². The molecule has 24 heavy (non-hydrogen) atoms. The third-order valence-corrected chi connectivity index (χ3v) is 4.28. The lowest BCUT2D eigenvalue weighted by molar-refractivity contribution is 0.477. The second-order valence-corrected chi connectivity index (χ2v) is 6.09. The van der Waals surface area contributed by atoms with Crippen LogP contribution in [0.1, 0.15) is 0 Å². The number of H-pyrrole nitrogens is 1. The number of aromatic nitrogens is 1. The first-order valence-electron chi connectivity index (χ1n) is 7.48. The zero-order chi connectivity index (χ0) is 16.7. The van der Waals surface area contributed by atoms with E-state index >= 15 is 0 Å². The number of rotatable bonds is 2. The first kappa shape index (κ1) is 14.8. The molecule has 118 valence electrons. The number of halogens is 2. The Morgan fingerprint density at radius 1 is 0.833 bits per heavy atom. The summed E-state index contributed by atoms with van der Waals surface area (Å²) in [6.07, 6.45) is 0. The van der Waals surface area contributed by atoms with E-state index in [2.05, 4.69) is 4.98 Å². The third kappa shape index (κ3) is 2.63. The van der Waals surface area contributed by atoms with E-state index in [4.69, 9.17) is 11.6 Å². The predicted octanol–water partition coefficient (Wildman–Crippen LogP) is 6.00. The second kappa shape index (κ2) is 5.69. The average molecular weight is 338 g/mol. The van der Waals surface area contributed by atoms with E-state index in [9.17, 15) is 9.50 Å². The maximum Gasteiger partial charge on any atom is 0.124 e. The number of hydrogen-bond donors (Lipinski definition) is 2. The summed E-state index contributed by atoms with van der Waals surface area (Å²) in [4.78, 5) is 3.29. The molecule has 0 amide bonds. The number of nitrogens with one attached hydrogen (secondary N) is 1. The van der Waals surface area contributed by atoms with Gasteiger partial charge in [-0.25, -0.2) is 4.39 Å². The van der Waals surface area contributed by atoms with Gasteiger partial charge in [0.05, 0.1) is 5.69 Å². The van der Waals surface area contributed by atoms with Crippen LogP contribution in [-0.2, 0) is 0 Å². The minimum atomic E-state index is -0.273. The van der Waals surface area contributed by atoms with Gasteiger partial charge < -0.3 is 10.1 Å². The summed E-state index contributed by atoms with van der Waals surface area (Å²) in [6, 6.07) is 19.2. The van der Waals surface area contributed by atoms with Crippen LogP contribution in [0.5, 0.6) is 5.75 Å². The van der Waals surface area contributed by atoms with E-state index in [0.717, 1.165) is 27.7 Å². The van der Waals surface area contributed by atoms with Gasteiger partial charge in [-0.05, 0) is 59.7 Å². The predicted molar refractivity (Wildman–Crippen MR) is 95.8 cm³/mol. The molecular formula is C20H13ClFNO. The van der Waals surface area contributed by atoms with Crippen LogP contribution >= 0.6 is 11.6 Å². The highest BCUT2D eigenvalue weighted by Crippen LogP contribution is 2.35. The van der Waals surface area contributed by atoms with Crippen molar-refractivity contribution in [2.75, 3.05) is 0 Å². The standard InChI is InChI=1S/C20H13ClFNO/c21-15-4-7-18-14(9-15)11-19(23-18)17-10-13(3-8-20(17)24)12-1-5-16(22)6-2-12/h1-11,23-24H. The Bertz CT molecular complexity index is 1040. The highest BCUT2D eigenvalue weighted by molar-refractivity contribution is 6.31. The largest absolute Gasteiger partial charge is 0.507 e. The van der Waals surface area contributed by atoms with Crippen LogP contribution in [0, 0.1) is 5.82 Å². The minimum Gasteiger partial charge on any atom is -0.507 e. The Morgan fingerprint density at radius 3 is 2.38 bits per heavy atom. The molecule has 4 aromatic rings. The summed E-state index contributed by atoms with van der Waals surface area (Å²) >= 11 is 6.03. The zero-order valence-corrected chi connectivity index (χ0v) is 13.3. The van der Waals surface area contributed by atoms with Crippen molar-refractivity contribution < 1.29 is 9.50 Å². The highest BCUT2D eigenvalue weighted by Gasteiger charge is 2.10. The Morgan fingerprint density at radius 2 is 1.58 bits per heavy atom. The van der Waals surface area contributed by atoms with Crippen molar-refractivity contribution in [2.45, 2.75) is 0 Å². The van der Waals surface area contributed by atoms with Gasteiger partial charge in [-0.3, -0.25) is 0 Å². The number of phenolic OH excluding ortho intramolecular Hbond substituents is 1. The molecule has 0 aliphatic heterocycles. The smallest absolute Gasteiger partial charge is 0.124 e. The maximum absolute atomic E-state index is 13.1. The van der Waals surface area contributed by atoms with Gasteiger partial charge in [0.15, 0.2) is 0 Å². The van der Waals surface area contributed by atoms with Crippen LogP contribution < -0.4 is 0 Å².